The number of aryl methyl sites for hydroxylation is 2. The first-order valence-electron chi connectivity index (χ1n) is 8.35. The molecule has 8 heteroatoms. The number of aromatic nitrogens is 3. The van der Waals surface area contributed by atoms with Crippen molar-refractivity contribution in [1.82, 2.24) is 25.4 Å². The van der Waals surface area contributed by atoms with Gasteiger partial charge in [0, 0.05) is 13.1 Å². The Labute approximate surface area is 141 Å². The summed E-state index contributed by atoms with van der Waals surface area (Å²) in [6.07, 6.45) is 2.81. The highest BCUT2D eigenvalue weighted by molar-refractivity contribution is 5.80. The van der Waals surface area contributed by atoms with Gasteiger partial charge in [-0.3, -0.25) is 4.99 Å². The van der Waals surface area contributed by atoms with Crippen LogP contribution in [-0.2, 0) is 6.54 Å². The molecular weight excluding hydrogens is 308 g/mol. The average Bonchev–Trinajstić information content (AvgIpc) is 3.21. The molecule has 0 spiro atoms. The molecule has 0 saturated heterocycles. The summed E-state index contributed by atoms with van der Waals surface area (Å²) in [5.74, 6) is 2.90. The van der Waals surface area contributed by atoms with Crippen LogP contribution < -0.4 is 10.6 Å². The molecule has 2 aromatic heterocycles. The third kappa shape index (κ3) is 3.76. The number of aliphatic hydroxyl groups excluding tert-OH is 1. The molecule has 3 rings (SSSR count). The Balaban J connectivity index is 1.69. The second-order valence-corrected chi connectivity index (χ2v) is 5.83. The number of fused-ring (bicyclic) bond motifs is 1. The molecule has 8 nitrogen and oxygen atoms in total. The predicted octanol–water partition coefficient (Wildman–Crippen LogP) is 1.30. The van der Waals surface area contributed by atoms with Crippen LogP contribution in [0.5, 0.6) is 0 Å². The maximum atomic E-state index is 10.1. The lowest BCUT2D eigenvalue weighted by Crippen LogP contribution is -2.41. The van der Waals surface area contributed by atoms with Crippen molar-refractivity contribution < 1.29 is 9.52 Å². The fourth-order valence-electron chi connectivity index (χ4n) is 2.84. The van der Waals surface area contributed by atoms with E-state index < -0.39 is 6.10 Å². The molecule has 0 aromatic carbocycles. The van der Waals surface area contributed by atoms with Gasteiger partial charge in [0.15, 0.2) is 5.96 Å². The van der Waals surface area contributed by atoms with Crippen LogP contribution in [0, 0.1) is 6.92 Å². The zero-order valence-electron chi connectivity index (χ0n) is 14.1. The van der Waals surface area contributed by atoms with Gasteiger partial charge in [-0.05, 0) is 38.8 Å². The lowest BCUT2D eigenvalue weighted by Gasteiger charge is -2.25. The van der Waals surface area contributed by atoms with Crippen LogP contribution in [0.3, 0.4) is 0 Å². The van der Waals surface area contributed by atoms with E-state index in [4.69, 9.17) is 4.42 Å². The highest BCUT2D eigenvalue weighted by Crippen LogP contribution is 2.22. The van der Waals surface area contributed by atoms with Gasteiger partial charge in [0.1, 0.15) is 23.5 Å². The maximum Gasteiger partial charge on any atom is 0.191 e. The van der Waals surface area contributed by atoms with Crippen LogP contribution >= 0.6 is 0 Å². The number of hydrogen-bond acceptors (Lipinski definition) is 5. The van der Waals surface area contributed by atoms with Gasteiger partial charge in [0.25, 0.3) is 0 Å². The van der Waals surface area contributed by atoms with E-state index in [0.717, 1.165) is 37.6 Å². The second kappa shape index (κ2) is 7.48. The summed E-state index contributed by atoms with van der Waals surface area (Å²) in [7, 11) is 0. The molecule has 0 amide bonds. The van der Waals surface area contributed by atoms with Gasteiger partial charge in [-0.1, -0.05) is 0 Å². The van der Waals surface area contributed by atoms with Gasteiger partial charge in [0.2, 0.25) is 0 Å². The standard InChI is InChI=1S/C16H24N6O2/c1-3-17-16(18-10-13(23)14-7-5-9-24-14)20-12-6-4-8-22-15(12)19-11(2)21-22/h5,7,9,12-13,23H,3-4,6,8,10H2,1-2H3,(H2,17,18,20). The summed E-state index contributed by atoms with van der Waals surface area (Å²) in [5.41, 5.74) is 0. The molecule has 0 aliphatic carbocycles. The number of hydrogen-bond donors (Lipinski definition) is 3. The first kappa shape index (κ1) is 16.5. The van der Waals surface area contributed by atoms with Gasteiger partial charge in [-0.2, -0.15) is 5.10 Å². The first-order chi connectivity index (χ1) is 11.7. The topological polar surface area (TPSA) is 100 Å². The Bertz CT molecular complexity index is 679. The molecule has 0 bridgehead atoms. The van der Waals surface area contributed by atoms with Gasteiger partial charge in [0.05, 0.1) is 18.8 Å². The molecule has 1 aliphatic heterocycles. The zero-order chi connectivity index (χ0) is 16.9. The molecule has 1 aliphatic rings. The van der Waals surface area contributed by atoms with Crippen molar-refractivity contribution in [2.45, 2.75) is 45.4 Å². The number of furan rings is 1. The lowest BCUT2D eigenvalue weighted by atomic mass is 10.1. The Morgan fingerprint density at radius 1 is 1.58 bits per heavy atom. The van der Waals surface area contributed by atoms with E-state index in [1.165, 1.54) is 0 Å². The molecule has 0 saturated carbocycles. The third-order valence-corrected chi connectivity index (χ3v) is 3.93. The van der Waals surface area contributed by atoms with Crippen molar-refractivity contribution in [3.05, 3.63) is 35.8 Å². The van der Waals surface area contributed by atoms with Crippen LogP contribution in [0.15, 0.2) is 27.8 Å². The highest BCUT2D eigenvalue weighted by Gasteiger charge is 2.24. The van der Waals surface area contributed by atoms with Crippen LogP contribution in [0.2, 0.25) is 0 Å². The summed E-state index contributed by atoms with van der Waals surface area (Å²) >= 11 is 0. The first-order valence-corrected chi connectivity index (χ1v) is 8.35. The van der Waals surface area contributed by atoms with E-state index in [1.807, 2.05) is 18.5 Å². The van der Waals surface area contributed by atoms with Crippen LogP contribution in [0.25, 0.3) is 0 Å². The summed E-state index contributed by atoms with van der Waals surface area (Å²) < 4.78 is 7.16. The Morgan fingerprint density at radius 2 is 2.46 bits per heavy atom. The molecule has 0 fully saturated rings. The van der Waals surface area contributed by atoms with E-state index in [2.05, 4.69) is 25.7 Å². The summed E-state index contributed by atoms with van der Waals surface area (Å²) in [6, 6.07) is 3.56. The predicted molar refractivity (Wildman–Crippen MR) is 89.5 cm³/mol. The summed E-state index contributed by atoms with van der Waals surface area (Å²) in [6.45, 7) is 5.77. The van der Waals surface area contributed by atoms with E-state index >= 15 is 0 Å². The molecule has 2 unspecified atom stereocenters. The van der Waals surface area contributed by atoms with Crippen LogP contribution in [0.4, 0.5) is 0 Å². The van der Waals surface area contributed by atoms with Crippen molar-refractivity contribution in [2.75, 3.05) is 13.1 Å². The molecule has 2 aromatic rings. The number of nitrogens with zero attached hydrogens (tertiary/aromatic N) is 4. The minimum absolute atomic E-state index is 0.0681. The Morgan fingerprint density at radius 3 is 3.21 bits per heavy atom. The average molecular weight is 332 g/mol. The number of aliphatic hydroxyl groups is 1. The van der Waals surface area contributed by atoms with Crippen molar-refractivity contribution in [3.63, 3.8) is 0 Å². The van der Waals surface area contributed by atoms with E-state index in [1.54, 1.807) is 18.4 Å². The molecule has 130 valence electrons. The normalized spacial score (nSPS) is 19.0. The number of nitrogens with one attached hydrogen (secondary N) is 2. The molecule has 3 N–H and O–H groups in total. The summed E-state index contributed by atoms with van der Waals surface area (Å²) in [4.78, 5) is 8.99. The van der Waals surface area contributed by atoms with Crippen molar-refractivity contribution in [3.8, 4) is 0 Å². The molecule has 3 heterocycles. The summed E-state index contributed by atoms with van der Waals surface area (Å²) in [5, 5.41) is 21.1. The minimum Gasteiger partial charge on any atom is -0.467 e. The zero-order valence-corrected chi connectivity index (χ0v) is 14.1. The molecular formula is C16H24N6O2. The Hall–Kier alpha value is -2.35. The lowest BCUT2D eigenvalue weighted by molar-refractivity contribution is 0.158. The van der Waals surface area contributed by atoms with Crippen LogP contribution in [0.1, 0.15) is 49.3 Å². The number of guanidine groups is 1. The molecule has 0 radical (unpaired) electrons. The number of aliphatic imine (C=N–C) groups is 1. The van der Waals surface area contributed by atoms with Crippen molar-refractivity contribution >= 4 is 5.96 Å². The maximum absolute atomic E-state index is 10.1. The van der Waals surface area contributed by atoms with Gasteiger partial charge < -0.3 is 20.2 Å². The van der Waals surface area contributed by atoms with Gasteiger partial charge in [-0.25, -0.2) is 9.67 Å². The van der Waals surface area contributed by atoms with Gasteiger partial charge >= 0.3 is 0 Å². The van der Waals surface area contributed by atoms with E-state index in [9.17, 15) is 5.11 Å². The number of rotatable bonds is 5. The monoisotopic (exact) mass is 332 g/mol. The SMILES string of the molecule is CCNC(=NCC(O)c1ccco1)NC1CCCn2nc(C)nc21. The highest BCUT2D eigenvalue weighted by atomic mass is 16.4. The smallest absolute Gasteiger partial charge is 0.191 e. The fourth-order valence-corrected chi connectivity index (χ4v) is 2.84. The second-order valence-electron chi connectivity index (χ2n) is 5.83. The largest absolute Gasteiger partial charge is 0.467 e. The molecule has 24 heavy (non-hydrogen) atoms. The fraction of sp³-hybridized carbons (Fsp3) is 0.562. The van der Waals surface area contributed by atoms with Crippen molar-refractivity contribution in [1.29, 1.82) is 0 Å². The Kier molecular flexibility index (Phi) is 5.14. The van der Waals surface area contributed by atoms with E-state index in [0.29, 0.717) is 11.7 Å². The van der Waals surface area contributed by atoms with Crippen LogP contribution in [-0.4, -0.2) is 38.9 Å². The quantitative estimate of drug-likeness (QED) is 0.564. The minimum atomic E-state index is -0.757. The third-order valence-electron chi connectivity index (χ3n) is 3.93. The van der Waals surface area contributed by atoms with Crippen molar-refractivity contribution in [2.24, 2.45) is 4.99 Å². The van der Waals surface area contributed by atoms with Gasteiger partial charge in [-0.15, -0.1) is 0 Å². The molecule has 2 atom stereocenters. The van der Waals surface area contributed by atoms with E-state index in [-0.39, 0.29) is 12.6 Å².